The van der Waals surface area contributed by atoms with Crippen LogP contribution in [0.5, 0.6) is 0 Å². The maximum Gasteiger partial charge on any atom is 0.277 e. The Hall–Kier alpha value is -3.04. The fourth-order valence-corrected chi connectivity index (χ4v) is 2.96. The molecule has 6 heteroatoms. The minimum absolute atomic E-state index is 0.221. The van der Waals surface area contributed by atoms with Gasteiger partial charge in [0, 0.05) is 6.20 Å². The number of anilines is 1. The third kappa shape index (κ3) is 3.31. The lowest BCUT2D eigenvalue weighted by Crippen LogP contribution is -2.31. The standard InChI is InChI=1S/C18H14N4OS/c1-13-15(9-19)4-5-17(21-13)18(23)22(11-14-6-8-24-12-14)16-3-2-7-20-10-16/h2-8,10,12H,11H2,1H3. The zero-order valence-corrected chi connectivity index (χ0v) is 13.8. The van der Waals surface area contributed by atoms with Gasteiger partial charge in [0.1, 0.15) is 11.8 Å². The quantitative estimate of drug-likeness (QED) is 0.731. The molecule has 0 fully saturated rings. The van der Waals surface area contributed by atoms with E-state index in [1.54, 1.807) is 53.8 Å². The molecule has 0 radical (unpaired) electrons. The molecule has 0 saturated heterocycles. The summed E-state index contributed by atoms with van der Waals surface area (Å²) in [6.07, 6.45) is 3.32. The SMILES string of the molecule is Cc1nc(C(=O)N(Cc2ccsc2)c2cccnc2)ccc1C#N. The predicted molar refractivity (Wildman–Crippen MR) is 92.8 cm³/mol. The largest absolute Gasteiger partial charge is 0.301 e. The smallest absolute Gasteiger partial charge is 0.277 e. The van der Waals surface area contributed by atoms with Gasteiger partial charge < -0.3 is 4.90 Å². The zero-order chi connectivity index (χ0) is 16.9. The number of pyridine rings is 2. The van der Waals surface area contributed by atoms with Crippen LogP contribution >= 0.6 is 11.3 Å². The average Bonchev–Trinajstić information content (AvgIpc) is 3.13. The van der Waals surface area contributed by atoms with Crippen molar-refractivity contribution in [1.29, 1.82) is 5.26 Å². The number of hydrogen-bond donors (Lipinski definition) is 0. The van der Waals surface area contributed by atoms with Gasteiger partial charge in [-0.05, 0) is 53.6 Å². The second-order valence-electron chi connectivity index (χ2n) is 5.18. The fourth-order valence-electron chi connectivity index (χ4n) is 2.30. The van der Waals surface area contributed by atoms with Gasteiger partial charge in [-0.3, -0.25) is 9.78 Å². The molecule has 0 N–H and O–H groups in total. The van der Waals surface area contributed by atoms with Crippen molar-refractivity contribution < 1.29 is 4.79 Å². The van der Waals surface area contributed by atoms with Gasteiger partial charge in [-0.15, -0.1) is 0 Å². The highest BCUT2D eigenvalue weighted by molar-refractivity contribution is 7.07. The molecular weight excluding hydrogens is 320 g/mol. The van der Waals surface area contributed by atoms with Crippen molar-refractivity contribution in [1.82, 2.24) is 9.97 Å². The van der Waals surface area contributed by atoms with Crippen molar-refractivity contribution in [2.75, 3.05) is 4.90 Å². The van der Waals surface area contributed by atoms with E-state index in [-0.39, 0.29) is 5.91 Å². The first-order valence-electron chi connectivity index (χ1n) is 7.30. The Labute approximate surface area is 143 Å². The molecule has 0 aromatic carbocycles. The van der Waals surface area contributed by atoms with E-state index in [1.807, 2.05) is 22.9 Å². The number of amides is 1. The average molecular weight is 334 g/mol. The summed E-state index contributed by atoms with van der Waals surface area (Å²) in [7, 11) is 0. The third-order valence-electron chi connectivity index (χ3n) is 3.55. The predicted octanol–water partition coefficient (Wildman–Crippen LogP) is 3.57. The highest BCUT2D eigenvalue weighted by atomic mass is 32.1. The molecule has 3 aromatic heterocycles. The monoisotopic (exact) mass is 334 g/mol. The Morgan fingerprint density at radius 1 is 1.33 bits per heavy atom. The van der Waals surface area contributed by atoms with E-state index in [0.717, 1.165) is 5.56 Å². The van der Waals surface area contributed by atoms with Gasteiger partial charge in [-0.2, -0.15) is 16.6 Å². The lowest BCUT2D eigenvalue weighted by molar-refractivity contribution is 0.0980. The van der Waals surface area contributed by atoms with Crippen LogP contribution in [0.15, 0.2) is 53.5 Å². The minimum atomic E-state index is -0.221. The van der Waals surface area contributed by atoms with Crippen LogP contribution in [0, 0.1) is 18.3 Å². The molecule has 0 bridgehead atoms. The van der Waals surface area contributed by atoms with Gasteiger partial charge >= 0.3 is 0 Å². The van der Waals surface area contributed by atoms with Gasteiger partial charge in [0.2, 0.25) is 0 Å². The summed E-state index contributed by atoms with van der Waals surface area (Å²) in [5.41, 5.74) is 3.08. The van der Waals surface area contributed by atoms with E-state index in [2.05, 4.69) is 16.0 Å². The Morgan fingerprint density at radius 2 is 2.21 bits per heavy atom. The molecule has 24 heavy (non-hydrogen) atoms. The summed E-state index contributed by atoms with van der Waals surface area (Å²) in [6.45, 7) is 2.16. The molecule has 0 spiro atoms. The van der Waals surface area contributed by atoms with Crippen LogP contribution in [0.1, 0.15) is 27.3 Å². The number of carbonyl (C=O) groups excluding carboxylic acids is 1. The Morgan fingerprint density at radius 3 is 2.83 bits per heavy atom. The summed E-state index contributed by atoms with van der Waals surface area (Å²) >= 11 is 1.59. The number of thiophene rings is 1. The van der Waals surface area contributed by atoms with E-state index in [1.165, 1.54) is 0 Å². The van der Waals surface area contributed by atoms with Crippen LogP contribution in [-0.2, 0) is 6.54 Å². The molecule has 0 aliphatic heterocycles. The second kappa shape index (κ2) is 7.02. The number of carbonyl (C=O) groups is 1. The molecular formula is C18H14N4OS. The maximum absolute atomic E-state index is 13.0. The number of hydrogen-bond acceptors (Lipinski definition) is 5. The molecule has 3 aromatic rings. The van der Waals surface area contributed by atoms with E-state index >= 15 is 0 Å². The van der Waals surface area contributed by atoms with Crippen molar-refractivity contribution in [2.24, 2.45) is 0 Å². The van der Waals surface area contributed by atoms with Crippen molar-refractivity contribution >= 4 is 22.9 Å². The zero-order valence-electron chi connectivity index (χ0n) is 13.0. The normalized spacial score (nSPS) is 10.2. The molecule has 0 saturated carbocycles. The number of aryl methyl sites for hydroxylation is 1. The topological polar surface area (TPSA) is 69.9 Å². The number of rotatable bonds is 4. The van der Waals surface area contributed by atoms with Gasteiger partial charge in [-0.25, -0.2) is 4.98 Å². The van der Waals surface area contributed by atoms with Crippen LogP contribution in [0.25, 0.3) is 0 Å². The molecule has 0 aliphatic carbocycles. The van der Waals surface area contributed by atoms with Crippen molar-refractivity contribution in [3.05, 3.63) is 76.0 Å². The molecule has 1 amide bonds. The summed E-state index contributed by atoms with van der Waals surface area (Å²) < 4.78 is 0. The summed E-state index contributed by atoms with van der Waals surface area (Å²) in [5, 5.41) is 13.0. The van der Waals surface area contributed by atoms with Gasteiger partial charge in [-0.1, -0.05) is 0 Å². The summed E-state index contributed by atoms with van der Waals surface area (Å²) in [6, 6.07) is 10.9. The Bertz CT molecular complexity index is 885. The minimum Gasteiger partial charge on any atom is -0.301 e. The van der Waals surface area contributed by atoms with Crippen molar-refractivity contribution in [2.45, 2.75) is 13.5 Å². The second-order valence-corrected chi connectivity index (χ2v) is 5.96. The molecule has 5 nitrogen and oxygen atoms in total. The van der Waals surface area contributed by atoms with E-state index < -0.39 is 0 Å². The number of nitriles is 1. The first kappa shape index (κ1) is 15.8. The highest BCUT2D eigenvalue weighted by Gasteiger charge is 2.20. The molecule has 0 unspecified atom stereocenters. The van der Waals surface area contributed by atoms with E-state index in [9.17, 15) is 4.79 Å². The first-order valence-corrected chi connectivity index (χ1v) is 8.24. The lowest BCUT2D eigenvalue weighted by atomic mass is 10.2. The van der Waals surface area contributed by atoms with Crippen molar-refractivity contribution in [3.63, 3.8) is 0 Å². The number of aromatic nitrogens is 2. The van der Waals surface area contributed by atoms with E-state index in [4.69, 9.17) is 5.26 Å². The molecule has 0 aliphatic rings. The fraction of sp³-hybridized carbons (Fsp3) is 0.111. The summed E-state index contributed by atoms with van der Waals surface area (Å²) in [4.78, 5) is 23.0. The van der Waals surface area contributed by atoms with E-state index in [0.29, 0.717) is 29.2 Å². The Balaban J connectivity index is 1.97. The van der Waals surface area contributed by atoms with Crippen LogP contribution in [0.3, 0.4) is 0 Å². The van der Waals surface area contributed by atoms with Crippen LogP contribution in [0.4, 0.5) is 5.69 Å². The number of nitrogens with zero attached hydrogens (tertiary/aromatic N) is 4. The third-order valence-corrected chi connectivity index (χ3v) is 4.28. The first-order chi connectivity index (χ1) is 11.7. The summed E-state index contributed by atoms with van der Waals surface area (Å²) in [5.74, 6) is -0.221. The van der Waals surface area contributed by atoms with Gasteiger partial charge in [0.15, 0.2) is 0 Å². The van der Waals surface area contributed by atoms with Gasteiger partial charge in [0.25, 0.3) is 5.91 Å². The van der Waals surface area contributed by atoms with Crippen LogP contribution in [0.2, 0.25) is 0 Å². The molecule has 0 atom stereocenters. The lowest BCUT2D eigenvalue weighted by Gasteiger charge is -2.22. The molecule has 3 rings (SSSR count). The highest BCUT2D eigenvalue weighted by Crippen LogP contribution is 2.20. The molecule has 3 heterocycles. The Kier molecular flexibility index (Phi) is 4.64. The van der Waals surface area contributed by atoms with Crippen molar-refractivity contribution in [3.8, 4) is 6.07 Å². The molecule has 118 valence electrons. The van der Waals surface area contributed by atoms with Crippen LogP contribution in [-0.4, -0.2) is 15.9 Å². The van der Waals surface area contributed by atoms with Crippen LogP contribution < -0.4 is 4.90 Å². The maximum atomic E-state index is 13.0. The van der Waals surface area contributed by atoms with Gasteiger partial charge in [0.05, 0.1) is 29.7 Å².